The molecule has 1 saturated carbocycles. The van der Waals surface area contributed by atoms with E-state index >= 15 is 0 Å². The van der Waals surface area contributed by atoms with Gasteiger partial charge in [0.25, 0.3) is 0 Å². The summed E-state index contributed by atoms with van der Waals surface area (Å²) in [6.45, 7) is 9.39. The quantitative estimate of drug-likeness (QED) is 0.380. The van der Waals surface area contributed by atoms with E-state index in [1.807, 2.05) is 6.20 Å². The Labute approximate surface area is 181 Å². The van der Waals surface area contributed by atoms with E-state index in [1.54, 1.807) is 0 Å². The third-order valence-electron chi connectivity index (χ3n) is 6.86. The van der Waals surface area contributed by atoms with Crippen molar-refractivity contribution >= 4 is 11.8 Å². The Morgan fingerprint density at radius 2 is 1.87 bits per heavy atom. The van der Waals surface area contributed by atoms with Gasteiger partial charge < -0.3 is 4.57 Å². The Hall–Kier alpha value is -2.61. The molecule has 1 heterocycles. The minimum atomic E-state index is 0.270. The van der Waals surface area contributed by atoms with Gasteiger partial charge in [0.2, 0.25) is 0 Å². The fourth-order valence-electron chi connectivity index (χ4n) is 4.78. The molecule has 0 N–H and O–H groups in total. The minimum absolute atomic E-state index is 0.270. The van der Waals surface area contributed by atoms with Crippen LogP contribution >= 0.6 is 0 Å². The molecule has 30 heavy (non-hydrogen) atoms. The summed E-state index contributed by atoms with van der Waals surface area (Å²) in [7, 11) is 0. The molecule has 1 aromatic heterocycles. The maximum Gasteiger partial charge on any atom is 0.144 e. The summed E-state index contributed by atoms with van der Waals surface area (Å²) in [6, 6.07) is 19.5. The van der Waals surface area contributed by atoms with Crippen molar-refractivity contribution in [2.45, 2.75) is 58.8 Å². The summed E-state index contributed by atoms with van der Waals surface area (Å²) in [4.78, 5) is 4.85. The zero-order chi connectivity index (χ0) is 21.1. The van der Waals surface area contributed by atoms with Crippen molar-refractivity contribution in [1.82, 2.24) is 9.55 Å². The lowest BCUT2D eigenvalue weighted by Gasteiger charge is -2.20. The zero-order valence-corrected chi connectivity index (χ0v) is 18.8. The molecule has 0 amide bonds. The fourth-order valence-corrected chi connectivity index (χ4v) is 4.78. The van der Waals surface area contributed by atoms with Crippen molar-refractivity contribution in [3.8, 4) is 11.4 Å². The molecular weight excluding hydrogens is 364 g/mol. The number of hydrogen-bond acceptors (Lipinski definition) is 1. The molecule has 0 radical (unpaired) electrons. The van der Waals surface area contributed by atoms with Gasteiger partial charge in [0.05, 0.1) is 0 Å². The van der Waals surface area contributed by atoms with Gasteiger partial charge in [-0.1, -0.05) is 95.1 Å². The van der Waals surface area contributed by atoms with E-state index in [0.29, 0.717) is 5.92 Å². The van der Waals surface area contributed by atoms with Crippen LogP contribution in [0.25, 0.3) is 23.2 Å². The second-order valence-corrected chi connectivity index (χ2v) is 9.33. The van der Waals surface area contributed by atoms with Crippen molar-refractivity contribution in [2.24, 2.45) is 11.8 Å². The van der Waals surface area contributed by atoms with E-state index in [0.717, 1.165) is 18.2 Å². The third-order valence-corrected chi connectivity index (χ3v) is 6.86. The molecule has 1 aliphatic carbocycles. The van der Waals surface area contributed by atoms with Crippen molar-refractivity contribution in [3.63, 3.8) is 0 Å². The van der Waals surface area contributed by atoms with Crippen molar-refractivity contribution in [3.05, 3.63) is 78.1 Å². The van der Waals surface area contributed by atoms with E-state index in [9.17, 15) is 0 Å². The Bertz CT molecular complexity index is 1010. The molecule has 3 atom stereocenters. The molecule has 0 aliphatic heterocycles. The molecule has 4 rings (SSSR count). The first-order chi connectivity index (χ1) is 14.5. The van der Waals surface area contributed by atoms with Gasteiger partial charge in [0, 0.05) is 23.7 Å². The SMILES string of the molecule is CCCC(C)C/C(=C/c1ccccc1)n1ccnc1-c1ccccc1C1(C)CC1C. The Kier molecular flexibility index (Phi) is 5.94. The summed E-state index contributed by atoms with van der Waals surface area (Å²) >= 11 is 0. The fraction of sp³-hybridized carbons (Fsp3) is 0.393. The average Bonchev–Trinajstić information content (AvgIpc) is 3.15. The lowest BCUT2D eigenvalue weighted by molar-refractivity contribution is 0.532. The van der Waals surface area contributed by atoms with Crippen LogP contribution in [0.2, 0.25) is 0 Å². The number of hydrogen-bond donors (Lipinski definition) is 0. The summed E-state index contributed by atoms with van der Waals surface area (Å²) in [5.41, 5.74) is 5.54. The van der Waals surface area contributed by atoms with Gasteiger partial charge in [-0.05, 0) is 47.3 Å². The van der Waals surface area contributed by atoms with E-state index in [1.165, 1.54) is 41.6 Å². The third kappa shape index (κ3) is 4.14. The lowest BCUT2D eigenvalue weighted by atomic mass is 9.90. The maximum atomic E-state index is 4.85. The van der Waals surface area contributed by atoms with Crippen molar-refractivity contribution in [2.75, 3.05) is 0 Å². The molecular formula is C28H34N2. The summed E-state index contributed by atoms with van der Waals surface area (Å²) in [5, 5.41) is 0. The van der Waals surface area contributed by atoms with Crippen LogP contribution in [-0.2, 0) is 5.41 Å². The minimum Gasteiger partial charge on any atom is -0.304 e. The van der Waals surface area contributed by atoms with Crippen molar-refractivity contribution < 1.29 is 0 Å². The molecule has 3 aromatic rings. The molecule has 2 aromatic carbocycles. The highest BCUT2D eigenvalue weighted by Gasteiger charge is 2.49. The molecule has 0 bridgehead atoms. The van der Waals surface area contributed by atoms with Gasteiger partial charge in [-0.3, -0.25) is 0 Å². The van der Waals surface area contributed by atoms with Crippen molar-refractivity contribution in [1.29, 1.82) is 0 Å². The molecule has 0 spiro atoms. The highest BCUT2D eigenvalue weighted by Crippen LogP contribution is 2.55. The van der Waals surface area contributed by atoms with Crippen LogP contribution < -0.4 is 0 Å². The topological polar surface area (TPSA) is 17.8 Å². The highest BCUT2D eigenvalue weighted by molar-refractivity contribution is 5.76. The summed E-state index contributed by atoms with van der Waals surface area (Å²) in [6.07, 6.45) is 11.2. The Morgan fingerprint density at radius 3 is 2.57 bits per heavy atom. The number of imidazole rings is 1. The van der Waals surface area contributed by atoms with Gasteiger partial charge in [-0.2, -0.15) is 0 Å². The molecule has 156 valence electrons. The summed E-state index contributed by atoms with van der Waals surface area (Å²) < 4.78 is 2.33. The standard InChI is InChI=1S/C28H34N2/c1-5-11-21(2)18-24(19-23-12-7-6-8-13-23)30-17-16-29-27(30)25-14-9-10-15-26(25)28(4)20-22(28)3/h6-10,12-17,19,21-22H,5,11,18,20H2,1-4H3/b24-19-. The van der Waals surface area contributed by atoms with Crippen LogP contribution in [0, 0.1) is 11.8 Å². The second kappa shape index (κ2) is 8.63. The van der Waals surface area contributed by atoms with Gasteiger partial charge in [-0.25, -0.2) is 4.98 Å². The van der Waals surface area contributed by atoms with Crippen LogP contribution in [0.5, 0.6) is 0 Å². The molecule has 2 heteroatoms. The zero-order valence-electron chi connectivity index (χ0n) is 18.8. The molecule has 0 saturated heterocycles. The van der Waals surface area contributed by atoms with Gasteiger partial charge in [-0.15, -0.1) is 0 Å². The van der Waals surface area contributed by atoms with Gasteiger partial charge in [0.15, 0.2) is 0 Å². The van der Waals surface area contributed by atoms with Crippen LogP contribution in [0.15, 0.2) is 67.0 Å². The van der Waals surface area contributed by atoms with Crippen LogP contribution in [0.3, 0.4) is 0 Å². The summed E-state index contributed by atoms with van der Waals surface area (Å²) in [5.74, 6) is 2.43. The maximum absolute atomic E-state index is 4.85. The first-order valence-electron chi connectivity index (χ1n) is 11.4. The number of nitrogens with zero attached hydrogens (tertiary/aromatic N) is 2. The smallest absolute Gasteiger partial charge is 0.144 e. The van der Waals surface area contributed by atoms with E-state index < -0.39 is 0 Å². The van der Waals surface area contributed by atoms with Gasteiger partial charge >= 0.3 is 0 Å². The van der Waals surface area contributed by atoms with Crippen LogP contribution in [0.1, 0.15) is 64.5 Å². The highest BCUT2D eigenvalue weighted by atomic mass is 15.1. The largest absolute Gasteiger partial charge is 0.304 e. The number of aromatic nitrogens is 2. The molecule has 3 unspecified atom stereocenters. The van der Waals surface area contributed by atoms with E-state index in [4.69, 9.17) is 4.98 Å². The van der Waals surface area contributed by atoms with Crippen LogP contribution in [0.4, 0.5) is 0 Å². The Balaban J connectivity index is 1.79. The predicted molar refractivity (Wildman–Crippen MR) is 128 cm³/mol. The first-order valence-corrected chi connectivity index (χ1v) is 11.4. The monoisotopic (exact) mass is 398 g/mol. The van der Waals surface area contributed by atoms with Crippen LogP contribution in [-0.4, -0.2) is 9.55 Å². The lowest BCUT2D eigenvalue weighted by Crippen LogP contribution is -2.09. The van der Waals surface area contributed by atoms with Gasteiger partial charge in [0.1, 0.15) is 5.82 Å². The molecule has 1 aliphatic rings. The molecule has 1 fully saturated rings. The van der Waals surface area contributed by atoms with E-state index in [2.05, 4.69) is 99.1 Å². The Morgan fingerprint density at radius 1 is 1.17 bits per heavy atom. The second-order valence-electron chi connectivity index (χ2n) is 9.33. The number of rotatable bonds is 8. The molecule has 2 nitrogen and oxygen atoms in total. The first kappa shape index (κ1) is 20.7. The number of benzene rings is 2. The normalized spacial score (nSPS) is 22.1. The predicted octanol–water partition coefficient (Wildman–Crippen LogP) is 7.67. The average molecular weight is 399 g/mol. The number of allylic oxidation sites excluding steroid dienone is 1. The van der Waals surface area contributed by atoms with E-state index in [-0.39, 0.29) is 5.41 Å².